The Morgan fingerprint density at radius 2 is 2.20 bits per heavy atom. The van der Waals surface area contributed by atoms with Gasteiger partial charge in [-0.15, -0.1) is 0 Å². The van der Waals surface area contributed by atoms with Gasteiger partial charge in [0.15, 0.2) is 0 Å². The van der Waals surface area contributed by atoms with E-state index in [0.29, 0.717) is 25.3 Å². The van der Waals surface area contributed by atoms with Crippen LogP contribution in [0, 0.1) is 21.7 Å². The van der Waals surface area contributed by atoms with Crippen LogP contribution in [0.25, 0.3) is 0 Å². The third-order valence-electron chi connectivity index (χ3n) is 2.73. The van der Waals surface area contributed by atoms with Crippen molar-refractivity contribution >= 4 is 17.3 Å². The van der Waals surface area contributed by atoms with Crippen LogP contribution in [0.5, 0.6) is 0 Å². The average molecular weight is 287 g/mol. The molecule has 1 fully saturated rings. The Balaban J connectivity index is 2.18. The number of amides is 1. The number of rotatable bonds is 3. The van der Waals surface area contributed by atoms with Crippen LogP contribution < -0.4 is 10.6 Å². The third kappa shape index (κ3) is 3.06. The van der Waals surface area contributed by atoms with Crippen LogP contribution in [0.2, 0.25) is 0 Å². The first-order valence-corrected chi connectivity index (χ1v) is 5.74. The van der Waals surface area contributed by atoms with Crippen LogP contribution in [0.4, 0.5) is 20.2 Å². The lowest BCUT2D eigenvalue weighted by atomic mass is 10.2. The fraction of sp³-hybridized carbons (Fsp3) is 0.364. The topological polar surface area (TPSA) is 93.5 Å². The van der Waals surface area contributed by atoms with E-state index in [1.165, 1.54) is 0 Å². The zero-order valence-corrected chi connectivity index (χ0v) is 10.2. The number of hydrogen-bond acceptors (Lipinski definition) is 5. The Kier molecular flexibility index (Phi) is 4.20. The van der Waals surface area contributed by atoms with E-state index in [9.17, 15) is 23.7 Å². The molecule has 20 heavy (non-hydrogen) atoms. The van der Waals surface area contributed by atoms with E-state index in [1.54, 1.807) is 0 Å². The highest BCUT2D eigenvalue weighted by atomic mass is 19.1. The van der Waals surface area contributed by atoms with Crippen molar-refractivity contribution in [1.82, 2.24) is 5.32 Å². The summed E-state index contributed by atoms with van der Waals surface area (Å²) in [5.41, 5.74) is -1.36. The highest BCUT2D eigenvalue weighted by Crippen LogP contribution is 2.25. The number of nitrogens with zero attached hydrogens (tertiary/aromatic N) is 1. The van der Waals surface area contributed by atoms with Crippen LogP contribution in [0.15, 0.2) is 12.1 Å². The van der Waals surface area contributed by atoms with Gasteiger partial charge in [-0.2, -0.15) is 4.39 Å². The number of anilines is 1. The van der Waals surface area contributed by atoms with Crippen molar-refractivity contribution < 1.29 is 23.2 Å². The Hall–Kier alpha value is -2.13. The second kappa shape index (κ2) is 5.88. The van der Waals surface area contributed by atoms with E-state index >= 15 is 0 Å². The maximum atomic E-state index is 13.5. The van der Waals surface area contributed by atoms with E-state index < -0.39 is 39.9 Å². The number of nitrogens with one attached hydrogen (secondary N) is 2. The fourth-order valence-electron chi connectivity index (χ4n) is 1.73. The lowest BCUT2D eigenvalue weighted by Gasteiger charge is -2.22. The molecule has 0 radical (unpaired) electrons. The molecule has 1 saturated heterocycles. The lowest BCUT2D eigenvalue weighted by molar-refractivity contribution is -0.387. The van der Waals surface area contributed by atoms with Crippen molar-refractivity contribution in [2.75, 3.05) is 25.1 Å². The van der Waals surface area contributed by atoms with E-state index in [-0.39, 0.29) is 6.61 Å². The zero-order valence-electron chi connectivity index (χ0n) is 10.2. The fourth-order valence-corrected chi connectivity index (χ4v) is 1.73. The Morgan fingerprint density at radius 1 is 1.45 bits per heavy atom. The predicted octanol–water partition coefficient (Wildman–Crippen LogP) is 0.800. The molecule has 0 aromatic heterocycles. The van der Waals surface area contributed by atoms with Crippen molar-refractivity contribution in [3.63, 3.8) is 0 Å². The Bertz CT molecular complexity index is 547. The summed E-state index contributed by atoms with van der Waals surface area (Å²) >= 11 is 0. The highest BCUT2D eigenvalue weighted by Gasteiger charge is 2.24. The molecule has 1 aromatic carbocycles. The van der Waals surface area contributed by atoms with Gasteiger partial charge in [-0.05, 0) is 0 Å². The van der Waals surface area contributed by atoms with E-state index in [1.807, 2.05) is 0 Å². The second-order valence-electron chi connectivity index (χ2n) is 4.11. The van der Waals surface area contributed by atoms with Crippen LogP contribution in [-0.2, 0) is 9.53 Å². The summed E-state index contributed by atoms with van der Waals surface area (Å²) in [6.45, 7) is 1.03. The quantitative estimate of drug-likeness (QED) is 0.633. The number of ether oxygens (including phenoxy) is 1. The highest BCUT2D eigenvalue weighted by molar-refractivity contribution is 5.95. The average Bonchev–Trinajstić information content (AvgIpc) is 2.42. The molecular weight excluding hydrogens is 276 g/mol. The van der Waals surface area contributed by atoms with Crippen LogP contribution >= 0.6 is 0 Å². The molecule has 1 unspecified atom stereocenters. The summed E-state index contributed by atoms with van der Waals surface area (Å²) in [7, 11) is 0. The molecule has 1 heterocycles. The van der Waals surface area contributed by atoms with Gasteiger partial charge in [0.25, 0.3) is 0 Å². The van der Waals surface area contributed by atoms with Crippen LogP contribution in [-0.4, -0.2) is 36.6 Å². The molecule has 108 valence electrons. The smallest absolute Gasteiger partial charge is 0.307 e. The molecule has 0 aliphatic carbocycles. The van der Waals surface area contributed by atoms with E-state index in [4.69, 9.17) is 4.74 Å². The molecule has 2 N–H and O–H groups in total. The number of halogens is 2. The van der Waals surface area contributed by atoms with Gasteiger partial charge < -0.3 is 15.4 Å². The van der Waals surface area contributed by atoms with Crippen molar-refractivity contribution in [2.24, 2.45) is 0 Å². The zero-order chi connectivity index (χ0) is 14.7. The summed E-state index contributed by atoms with van der Waals surface area (Å²) in [5.74, 6) is -2.99. The summed E-state index contributed by atoms with van der Waals surface area (Å²) in [6.07, 6.45) is 0. The SMILES string of the molecule is O=C(Nc1cc([N+](=O)[O-])c(F)cc1F)C1COCCN1. The van der Waals surface area contributed by atoms with Crippen LogP contribution in [0.3, 0.4) is 0 Å². The molecule has 0 saturated carbocycles. The maximum absolute atomic E-state index is 13.5. The van der Waals surface area contributed by atoms with Crippen LogP contribution in [0.1, 0.15) is 0 Å². The molecule has 7 nitrogen and oxygen atoms in total. The number of morpholine rings is 1. The van der Waals surface area contributed by atoms with Crippen molar-refractivity contribution in [3.05, 3.63) is 33.9 Å². The van der Waals surface area contributed by atoms with Crippen molar-refractivity contribution in [3.8, 4) is 0 Å². The molecule has 1 amide bonds. The van der Waals surface area contributed by atoms with Crippen molar-refractivity contribution in [1.29, 1.82) is 0 Å². The molecular formula is C11H11F2N3O4. The number of benzene rings is 1. The number of nitro groups is 1. The van der Waals surface area contributed by atoms with Crippen molar-refractivity contribution in [2.45, 2.75) is 6.04 Å². The molecule has 1 atom stereocenters. The summed E-state index contributed by atoms with van der Waals surface area (Å²) in [6, 6.07) is 0.317. The van der Waals surface area contributed by atoms with Gasteiger partial charge in [0, 0.05) is 18.7 Å². The van der Waals surface area contributed by atoms with Gasteiger partial charge in [0.1, 0.15) is 11.9 Å². The minimum Gasteiger partial charge on any atom is -0.378 e. The minimum atomic E-state index is -1.30. The molecule has 1 aliphatic heterocycles. The molecule has 1 aromatic rings. The number of carbonyl (C=O) groups excluding carboxylic acids is 1. The minimum absolute atomic E-state index is 0.108. The Morgan fingerprint density at radius 3 is 2.80 bits per heavy atom. The monoisotopic (exact) mass is 287 g/mol. The first-order chi connectivity index (χ1) is 9.49. The summed E-state index contributed by atoms with van der Waals surface area (Å²) in [4.78, 5) is 21.4. The standard InChI is InChI=1S/C11H11F2N3O4/c12-6-3-7(13)10(16(18)19)4-8(6)15-11(17)9-5-20-2-1-14-9/h3-4,9,14H,1-2,5H2,(H,15,17). The number of nitro benzene ring substituents is 1. The Labute approximate surface area is 112 Å². The van der Waals surface area contributed by atoms with Gasteiger partial charge in [-0.3, -0.25) is 14.9 Å². The molecule has 0 spiro atoms. The molecule has 1 aliphatic rings. The van der Waals surface area contributed by atoms with E-state index in [0.717, 1.165) is 0 Å². The largest absolute Gasteiger partial charge is 0.378 e. The maximum Gasteiger partial charge on any atom is 0.307 e. The molecule has 0 bridgehead atoms. The first-order valence-electron chi connectivity index (χ1n) is 5.74. The summed E-state index contributed by atoms with van der Waals surface area (Å²) in [5, 5.41) is 15.6. The third-order valence-corrected chi connectivity index (χ3v) is 2.73. The number of carbonyl (C=O) groups is 1. The summed E-state index contributed by atoms with van der Waals surface area (Å²) < 4.78 is 31.7. The molecule has 2 rings (SSSR count). The first kappa shape index (κ1) is 14.3. The van der Waals surface area contributed by atoms with Gasteiger partial charge in [0.05, 0.1) is 23.8 Å². The normalized spacial score (nSPS) is 18.6. The number of hydrogen-bond donors (Lipinski definition) is 2. The van der Waals surface area contributed by atoms with E-state index in [2.05, 4.69) is 10.6 Å². The lowest BCUT2D eigenvalue weighted by Crippen LogP contribution is -2.48. The second-order valence-corrected chi connectivity index (χ2v) is 4.11. The predicted molar refractivity (Wildman–Crippen MR) is 64.3 cm³/mol. The van der Waals surface area contributed by atoms with Gasteiger partial charge in [-0.25, -0.2) is 4.39 Å². The van der Waals surface area contributed by atoms with Gasteiger partial charge >= 0.3 is 5.69 Å². The van der Waals surface area contributed by atoms with Gasteiger partial charge in [-0.1, -0.05) is 0 Å². The molecule has 9 heteroatoms. The van der Waals surface area contributed by atoms with Gasteiger partial charge in [0.2, 0.25) is 11.7 Å².